The van der Waals surface area contributed by atoms with Crippen LogP contribution in [-0.2, 0) is 25.5 Å². The number of anilines is 1. The van der Waals surface area contributed by atoms with E-state index in [1.54, 1.807) is 11.0 Å². The molecule has 4 aliphatic heterocycles. The molecule has 6 rings (SSSR count). The van der Waals surface area contributed by atoms with Gasteiger partial charge in [0.15, 0.2) is 0 Å². The molecule has 0 spiro atoms. The van der Waals surface area contributed by atoms with Crippen LogP contribution in [0.1, 0.15) is 92.5 Å². The van der Waals surface area contributed by atoms with Crippen LogP contribution in [0, 0.1) is 0 Å². The maximum absolute atomic E-state index is 13.6. The number of hydrogen-bond donors (Lipinski definition) is 1. The second kappa shape index (κ2) is 12.4. The van der Waals surface area contributed by atoms with Crippen LogP contribution in [-0.4, -0.2) is 114 Å². The van der Waals surface area contributed by atoms with Crippen molar-refractivity contribution in [3.63, 3.8) is 0 Å². The molecular weight excluding hydrogens is 578 g/mol. The fraction of sp³-hybridized carbons (Fsp3) is 0.667. The van der Waals surface area contributed by atoms with Gasteiger partial charge >= 0.3 is 6.09 Å². The number of nitrogens with one attached hydrogen (secondary N) is 1. The predicted octanol–water partition coefficient (Wildman–Crippen LogP) is 2.72. The number of hydrogen-bond acceptors (Lipinski definition) is 9. The summed E-state index contributed by atoms with van der Waals surface area (Å²) in [6.07, 6.45) is 4.71. The summed E-state index contributed by atoms with van der Waals surface area (Å²) < 4.78 is 11.9. The van der Waals surface area contributed by atoms with Crippen molar-refractivity contribution in [3.8, 4) is 0 Å². The lowest BCUT2D eigenvalue weighted by Gasteiger charge is -2.48. The first-order valence-electron chi connectivity index (χ1n) is 16.4. The molecular formula is C33H45N5O7. The van der Waals surface area contributed by atoms with Crippen molar-refractivity contribution in [1.82, 2.24) is 20.0 Å². The van der Waals surface area contributed by atoms with Crippen molar-refractivity contribution in [3.05, 3.63) is 28.8 Å². The van der Waals surface area contributed by atoms with E-state index in [0.717, 1.165) is 68.0 Å². The van der Waals surface area contributed by atoms with Gasteiger partial charge in [0.05, 0.1) is 23.3 Å². The monoisotopic (exact) mass is 623 g/mol. The van der Waals surface area contributed by atoms with Gasteiger partial charge in [-0.25, -0.2) is 4.79 Å². The van der Waals surface area contributed by atoms with Gasteiger partial charge in [0.1, 0.15) is 11.6 Å². The van der Waals surface area contributed by atoms with Crippen molar-refractivity contribution < 1.29 is 33.4 Å². The Kier molecular flexibility index (Phi) is 8.64. The molecule has 0 bridgehead atoms. The van der Waals surface area contributed by atoms with Gasteiger partial charge < -0.3 is 19.3 Å². The maximum atomic E-state index is 13.6. The highest BCUT2D eigenvalue weighted by Gasteiger charge is 2.46. The molecule has 1 saturated carbocycles. The van der Waals surface area contributed by atoms with E-state index < -0.39 is 29.4 Å². The summed E-state index contributed by atoms with van der Waals surface area (Å²) in [6.45, 7) is 12.4. The number of carbonyl (C=O) groups excluding carboxylic acids is 5. The van der Waals surface area contributed by atoms with E-state index in [-0.39, 0.29) is 37.0 Å². The molecule has 0 aromatic heterocycles. The molecule has 5 amide bonds. The van der Waals surface area contributed by atoms with Crippen LogP contribution in [0.5, 0.6) is 0 Å². The Morgan fingerprint density at radius 3 is 2.22 bits per heavy atom. The number of amides is 5. The number of likely N-dealkylation sites (tertiary alicyclic amines) is 1. The van der Waals surface area contributed by atoms with E-state index in [1.165, 1.54) is 0 Å². The quantitative estimate of drug-likeness (QED) is 0.476. The smallest absolute Gasteiger partial charge is 0.410 e. The third kappa shape index (κ3) is 6.31. The number of nitrogens with zero attached hydrogens (tertiary/aromatic N) is 4. The van der Waals surface area contributed by atoms with E-state index in [2.05, 4.69) is 15.1 Å². The molecule has 3 saturated heterocycles. The molecule has 5 aliphatic rings. The fourth-order valence-electron chi connectivity index (χ4n) is 7.32. The minimum absolute atomic E-state index is 0.100. The molecule has 12 heteroatoms. The van der Waals surface area contributed by atoms with E-state index in [1.807, 2.05) is 33.8 Å². The molecule has 4 fully saturated rings. The molecule has 4 heterocycles. The van der Waals surface area contributed by atoms with Gasteiger partial charge in [-0.15, -0.1) is 0 Å². The van der Waals surface area contributed by atoms with Gasteiger partial charge in [0.25, 0.3) is 11.8 Å². The van der Waals surface area contributed by atoms with Crippen molar-refractivity contribution in [2.24, 2.45) is 0 Å². The van der Waals surface area contributed by atoms with E-state index in [4.69, 9.17) is 9.47 Å². The Morgan fingerprint density at radius 2 is 1.60 bits per heavy atom. The van der Waals surface area contributed by atoms with E-state index >= 15 is 0 Å². The van der Waals surface area contributed by atoms with Crippen LogP contribution in [0.25, 0.3) is 0 Å². The molecule has 0 radical (unpaired) electrons. The first-order valence-corrected chi connectivity index (χ1v) is 16.4. The van der Waals surface area contributed by atoms with Gasteiger partial charge in [-0.1, -0.05) is 6.92 Å². The summed E-state index contributed by atoms with van der Waals surface area (Å²) >= 11 is 0. The largest absolute Gasteiger partial charge is 0.444 e. The Balaban J connectivity index is 0.998. The highest BCUT2D eigenvalue weighted by Crippen LogP contribution is 2.37. The number of rotatable bonds is 6. The molecule has 45 heavy (non-hydrogen) atoms. The molecule has 1 aromatic carbocycles. The number of fused-ring (bicyclic) bond motifs is 1. The standard InChI is InChI=1S/C33H45N5O7/c1-5-23-25(7-6-24-28(23)31(42)38(30(24)41)26-8-9-27(39)34-29(26)40)36-16-14-35(15-17-36)20-18-22(19-20)44-21-10-12-37(13-11-21)32(43)45-33(2,3)4/h6-7,20-22,26H,5,8-19H2,1-4H3,(H,34,39,40)/t20-,22-,26?. The zero-order valence-electron chi connectivity index (χ0n) is 26.8. The van der Waals surface area contributed by atoms with E-state index in [0.29, 0.717) is 36.7 Å². The molecule has 1 atom stereocenters. The third-order valence-electron chi connectivity index (χ3n) is 9.77. The summed E-state index contributed by atoms with van der Waals surface area (Å²) in [5.74, 6) is -1.89. The molecule has 1 N–H and O–H groups in total. The van der Waals surface area contributed by atoms with Gasteiger partial charge in [0, 0.05) is 57.4 Å². The Labute approximate surface area is 264 Å². The first kappa shape index (κ1) is 31.5. The van der Waals surface area contributed by atoms with Crippen LogP contribution in [0.4, 0.5) is 10.5 Å². The normalized spacial score (nSPS) is 26.6. The SMILES string of the molecule is CCc1c(N2CCN([C@H]3C[C@H](OC4CCN(C(=O)OC(C)(C)C)CC4)C3)CC2)ccc2c1C(=O)N(C1CCC(=O)NC1=O)C2=O. The highest BCUT2D eigenvalue weighted by molar-refractivity contribution is 6.24. The highest BCUT2D eigenvalue weighted by atomic mass is 16.6. The predicted molar refractivity (Wildman–Crippen MR) is 165 cm³/mol. The zero-order chi connectivity index (χ0) is 32.0. The Morgan fingerprint density at radius 1 is 0.911 bits per heavy atom. The summed E-state index contributed by atoms with van der Waals surface area (Å²) in [7, 11) is 0. The summed E-state index contributed by atoms with van der Waals surface area (Å²) in [4.78, 5) is 71.0. The van der Waals surface area contributed by atoms with Gasteiger partial charge in [-0.05, 0) is 77.0 Å². The summed E-state index contributed by atoms with van der Waals surface area (Å²) in [5.41, 5.74) is 2.04. The molecule has 1 aliphatic carbocycles. The minimum atomic E-state index is -0.966. The second-order valence-corrected chi connectivity index (χ2v) is 13.9. The number of benzene rings is 1. The number of ether oxygens (including phenoxy) is 2. The van der Waals surface area contributed by atoms with Crippen LogP contribution in [0.2, 0.25) is 0 Å². The second-order valence-electron chi connectivity index (χ2n) is 13.9. The number of carbonyl (C=O) groups is 5. The number of piperazine rings is 1. The van der Waals surface area contributed by atoms with Crippen LogP contribution in [0.3, 0.4) is 0 Å². The van der Waals surface area contributed by atoms with Crippen molar-refractivity contribution >= 4 is 35.4 Å². The third-order valence-corrected chi connectivity index (χ3v) is 9.77. The average molecular weight is 624 g/mol. The molecule has 1 aromatic rings. The van der Waals surface area contributed by atoms with Crippen LogP contribution < -0.4 is 10.2 Å². The van der Waals surface area contributed by atoms with Crippen LogP contribution in [0.15, 0.2) is 12.1 Å². The topological polar surface area (TPSA) is 129 Å². The summed E-state index contributed by atoms with van der Waals surface area (Å²) in [6, 6.07) is 3.18. The number of piperidine rings is 2. The van der Waals surface area contributed by atoms with Gasteiger partial charge in [0.2, 0.25) is 11.8 Å². The van der Waals surface area contributed by atoms with Crippen LogP contribution >= 0.6 is 0 Å². The molecule has 1 unspecified atom stereocenters. The van der Waals surface area contributed by atoms with Gasteiger partial charge in [-0.3, -0.25) is 34.3 Å². The first-order chi connectivity index (χ1) is 21.4. The van der Waals surface area contributed by atoms with Crippen molar-refractivity contribution in [2.45, 2.75) is 103 Å². The average Bonchev–Trinajstić information content (AvgIpc) is 3.23. The molecule has 12 nitrogen and oxygen atoms in total. The van der Waals surface area contributed by atoms with Gasteiger partial charge in [-0.2, -0.15) is 0 Å². The van der Waals surface area contributed by atoms with Crippen molar-refractivity contribution in [2.75, 3.05) is 44.2 Å². The lowest BCUT2D eigenvalue weighted by molar-refractivity contribution is -0.136. The minimum Gasteiger partial charge on any atom is -0.444 e. The van der Waals surface area contributed by atoms with Crippen molar-refractivity contribution in [1.29, 1.82) is 0 Å². The maximum Gasteiger partial charge on any atom is 0.410 e. The fourth-order valence-corrected chi connectivity index (χ4v) is 7.32. The summed E-state index contributed by atoms with van der Waals surface area (Å²) in [5, 5.41) is 2.26. The van der Waals surface area contributed by atoms with E-state index in [9.17, 15) is 24.0 Å². The Bertz CT molecular complexity index is 1370. The Hall–Kier alpha value is -3.51. The molecule has 244 valence electrons. The number of imide groups is 2. The zero-order valence-corrected chi connectivity index (χ0v) is 26.8. The lowest BCUT2D eigenvalue weighted by Crippen LogP contribution is -2.56. The lowest BCUT2D eigenvalue weighted by atomic mass is 9.87.